The first kappa shape index (κ1) is 26.0. The molecule has 178 valence electrons. The molecule has 0 spiro atoms. The van der Waals surface area contributed by atoms with Crippen LogP contribution in [0.2, 0.25) is 0 Å². The first-order valence-corrected chi connectivity index (χ1v) is 11.0. The maximum Gasteiger partial charge on any atom is 0.333 e. The van der Waals surface area contributed by atoms with Crippen molar-refractivity contribution in [3.8, 4) is 0 Å². The third-order valence-corrected chi connectivity index (χ3v) is 5.93. The van der Waals surface area contributed by atoms with E-state index < -0.39 is 42.1 Å². The van der Waals surface area contributed by atoms with Crippen molar-refractivity contribution in [2.24, 2.45) is 11.8 Å². The molecule has 1 heterocycles. The molecular weight excluding hydrogens is 416 g/mol. The van der Waals surface area contributed by atoms with E-state index in [2.05, 4.69) is 0 Å². The maximum atomic E-state index is 12.8. The summed E-state index contributed by atoms with van der Waals surface area (Å²) in [6.07, 6.45) is 4.88. The van der Waals surface area contributed by atoms with E-state index in [1.165, 1.54) is 7.11 Å². The topological polar surface area (TPSA) is 108 Å². The number of aldehydes is 1. The van der Waals surface area contributed by atoms with Crippen molar-refractivity contribution in [1.29, 1.82) is 0 Å². The fourth-order valence-electron chi connectivity index (χ4n) is 4.18. The zero-order valence-electron chi connectivity index (χ0n) is 19.2. The Hall–Kier alpha value is -2.29. The number of allylic oxidation sites excluding steroid dienone is 2. The molecule has 0 bridgehead atoms. The third-order valence-electron chi connectivity index (χ3n) is 5.93. The summed E-state index contributed by atoms with van der Waals surface area (Å²) in [4.78, 5) is 37.0. The van der Waals surface area contributed by atoms with E-state index in [-0.39, 0.29) is 19.6 Å². The Labute approximate surface area is 189 Å². The molecule has 8 nitrogen and oxygen atoms in total. The lowest BCUT2D eigenvalue weighted by molar-refractivity contribution is -0.159. The predicted octanol–water partition coefficient (Wildman–Crippen LogP) is 2.30. The summed E-state index contributed by atoms with van der Waals surface area (Å²) in [6, 6.07) is 0. The van der Waals surface area contributed by atoms with Crippen LogP contribution in [0.25, 0.3) is 0 Å². The molecule has 0 saturated carbocycles. The number of esters is 2. The van der Waals surface area contributed by atoms with Gasteiger partial charge < -0.3 is 28.8 Å². The predicted molar refractivity (Wildman–Crippen MR) is 117 cm³/mol. The highest BCUT2D eigenvalue weighted by atomic mass is 16.6. The smallest absolute Gasteiger partial charge is 0.333 e. The van der Waals surface area contributed by atoms with E-state index in [1.807, 2.05) is 13.0 Å². The fourth-order valence-corrected chi connectivity index (χ4v) is 4.18. The van der Waals surface area contributed by atoms with Gasteiger partial charge >= 0.3 is 11.9 Å². The summed E-state index contributed by atoms with van der Waals surface area (Å²) in [6.45, 7) is 5.39. The lowest BCUT2D eigenvalue weighted by Gasteiger charge is -2.35. The molecule has 2 rings (SSSR count). The SMILES string of the molecule is C/C=C(/C)C(=O)O[C@H]1[C@H]2[C@H](COC)C(=O)O[C@@H]2/C=C(\CO)CC/C=C(/CC=O)[C@@H]1OCC. The van der Waals surface area contributed by atoms with Crippen LogP contribution in [0.4, 0.5) is 0 Å². The number of fused-ring (bicyclic) bond motifs is 1. The van der Waals surface area contributed by atoms with Crippen molar-refractivity contribution in [2.45, 2.75) is 58.3 Å². The Morgan fingerprint density at radius 1 is 1.38 bits per heavy atom. The monoisotopic (exact) mass is 450 g/mol. The average Bonchev–Trinajstić information content (AvgIpc) is 3.08. The molecule has 0 radical (unpaired) electrons. The Bertz CT molecular complexity index is 766. The van der Waals surface area contributed by atoms with Crippen LogP contribution in [0.3, 0.4) is 0 Å². The van der Waals surface area contributed by atoms with Crippen LogP contribution in [-0.2, 0) is 33.3 Å². The highest BCUT2D eigenvalue weighted by Crippen LogP contribution is 2.39. The quantitative estimate of drug-likeness (QED) is 0.247. The lowest BCUT2D eigenvalue weighted by atomic mass is 9.79. The number of carbonyl (C=O) groups excluding carboxylic acids is 3. The Morgan fingerprint density at radius 3 is 2.72 bits per heavy atom. The molecule has 0 aromatic rings. The van der Waals surface area contributed by atoms with Gasteiger partial charge in [-0.25, -0.2) is 4.79 Å². The Balaban J connectivity index is 2.66. The molecule has 5 atom stereocenters. The van der Waals surface area contributed by atoms with Gasteiger partial charge in [0, 0.05) is 25.7 Å². The van der Waals surface area contributed by atoms with E-state index in [0.717, 1.165) is 6.29 Å². The first-order chi connectivity index (χ1) is 15.4. The van der Waals surface area contributed by atoms with Crippen LogP contribution in [0.5, 0.6) is 0 Å². The molecule has 2 aliphatic rings. The molecule has 1 fully saturated rings. The van der Waals surface area contributed by atoms with Crippen molar-refractivity contribution in [3.63, 3.8) is 0 Å². The molecular formula is C24H34O8. The minimum Gasteiger partial charge on any atom is -0.457 e. The number of aliphatic hydroxyl groups excluding tert-OH is 1. The van der Waals surface area contributed by atoms with Gasteiger partial charge in [0.05, 0.1) is 25.0 Å². The molecule has 32 heavy (non-hydrogen) atoms. The van der Waals surface area contributed by atoms with Crippen LogP contribution in [-0.4, -0.2) is 68.6 Å². The van der Waals surface area contributed by atoms with E-state index in [1.54, 1.807) is 26.0 Å². The highest BCUT2D eigenvalue weighted by molar-refractivity contribution is 5.88. The zero-order chi connectivity index (χ0) is 23.7. The normalized spacial score (nSPS) is 32.1. The van der Waals surface area contributed by atoms with Crippen molar-refractivity contribution in [2.75, 3.05) is 26.9 Å². The summed E-state index contributed by atoms with van der Waals surface area (Å²) in [7, 11) is 1.48. The van der Waals surface area contributed by atoms with Crippen molar-refractivity contribution >= 4 is 18.2 Å². The number of carbonyl (C=O) groups is 3. The van der Waals surface area contributed by atoms with E-state index in [4.69, 9.17) is 18.9 Å². The highest BCUT2D eigenvalue weighted by Gasteiger charge is 2.52. The summed E-state index contributed by atoms with van der Waals surface area (Å²) in [5.74, 6) is -2.33. The zero-order valence-corrected chi connectivity index (χ0v) is 19.2. The second-order valence-corrected chi connectivity index (χ2v) is 7.93. The molecule has 0 aromatic carbocycles. The molecule has 0 unspecified atom stereocenters. The molecule has 8 heteroatoms. The molecule has 0 aromatic heterocycles. The largest absolute Gasteiger partial charge is 0.457 e. The van der Waals surface area contributed by atoms with Gasteiger partial charge in [-0.2, -0.15) is 0 Å². The first-order valence-electron chi connectivity index (χ1n) is 11.0. The van der Waals surface area contributed by atoms with E-state index in [0.29, 0.717) is 36.2 Å². The van der Waals surface area contributed by atoms with Gasteiger partial charge in [0.15, 0.2) is 0 Å². The number of aliphatic hydroxyl groups is 1. The minimum atomic E-state index is -0.908. The Kier molecular flexibility index (Phi) is 10.3. The maximum absolute atomic E-state index is 12.8. The van der Waals surface area contributed by atoms with Gasteiger partial charge in [-0.15, -0.1) is 0 Å². The number of hydrogen-bond acceptors (Lipinski definition) is 8. The van der Waals surface area contributed by atoms with Gasteiger partial charge in [-0.3, -0.25) is 4.79 Å². The number of hydrogen-bond donors (Lipinski definition) is 1. The van der Waals surface area contributed by atoms with E-state index in [9.17, 15) is 19.5 Å². The molecule has 1 aliphatic carbocycles. The second kappa shape index (κ2) is 12.7. The van der Waals surface area contributed by atoms with Crippen LogP contribution < -0.4 is 0 Å². The molecule has 0 amide bonds. The van der Waals surface area contributed by atoms with Crippen LogP contribution >= 0.6 is 0 Å². The van der Waals surface area contributed by atoms with Gasteiger partial charge in [-0.05, 0) is 50.8 Å². The van der Waals surface area contributed by atoms with Crippen LogP contribution in [0.15, 0.2) is 34.9 Å². The van der Waals surface area contributed by atoms with Gasteiger partial charge in [0.25, 0.3) is 0 Å². The average molecular weight is 451 g/mol. The van der Waals surface area contributed by atoms with Crippen LogP contribution in [0, 0.1) is 11.8 Å². The van der Waals surface area contributed by atoms with Crippen molar-refractivity contribution in [1.82, 2.24) is 0 Å². The summed E-state index contributed by atoms with van der Waals surface area (Å²) >= 11 is 0. The molecule has 1 N–H and O–H groups in total. The van der Waals surface area contributed by atoms with Crippen LogP contribution in [0.1, 0.15) is 40.0 Å². The van der Waals surface area contributed by atoms with Gasteiger partial charge in [0.2, 0.25) is 0 Å². The minimum absolute atomic E-state index is 0.0739. The third kappa shape index (κ3) is 6.15. The van der Waals surface area contributed by atoms with Gasteiger partial charge in [-0.1, -0.05) is 12.2 Å². The number of methoxy groups -OCH3 is 1. The number of ether oxygens (including phenoxy) is 4. The van der Waals surface area contributed by atoms with Crippen molar-refractivity contribution in [3.05, 3.63) is 34.9 Å². The fraction of sp³-hybridized carbons (Fsp3) is 0.625. The second-order valence-electron chi connectivity index (χ2n) is 7.93. The summed E-state index contributed by atoms with van der Waals surface area (Å²) < 4.78 is 22.9. The standard InChI is InChI=1S/C24H34O8/c1-5-15(3)23(27)32-22-20-18(14-29-4)24(28)31-19(20)12-16(13-26)8-7-9-17(10-11-25)21(22)30-6-2/h5,9,11-12,18-22,26H,6-8,10,13-14H2,1-4H3/b15-5-,16-12-,17-9-/t18-,19+,20-,21-,22-/m0/s1. The van der Waals surface area contributed by atoms with Crippen molar-refractivity contribution < 1.29 is 38.4 Å². The summed E-state index contributed by atoms with van der Waals surface area (Å²) in [5, 5.41) is 9.82. The molecule has 1 aliphatic heterocycles. The molecule has 1 saturated heterocycles. The summed E-state index contributed by atoms with van der Waals surface area (Å²) in [5.41, 5.74) is 1.79. The van der Waals surface area contributed by atoms with Gasteiger partial charge in [0.1, 0.15) is 24.6 Å². The number of rotatable bonds is 9. The lowest BCUT2D eigenvalue weighted by Crippen LogP contribution is -2.47. The Morgan fingerprint density at radius 2 is 2.12 bits per heavy atom. The van der Waals surface area contributed by atoms with E-state index >= 15 is 0 Å².